The Morgan fingerprint density at radius 3 is 2.67 bits per heavy atom. The molecule has 0 aliphatic carbocycles. The molecule has 0 bridgehead atoms. The Bertz CT molecular complexity index is 851. The van der Waals surface area contributed by atoms with Gasteiger partial charge in [0.15, 0.2) is 5.82 Å². The number of aromatic amines is 1. The lowest BCUT2D eigenvalue weighted by molar-refractivity contribution is 1.08. The van der Waals surface area contributed by atoms with Crippen molar-refractivity contribution in [2.75, 3.05) is 5.32 Å². The van der Waals surface area contributed by atoms with Crippen LogP contribution in [-0.4, -0.2) is 15.0 Å². The zero-order valence-corrected chi connectivity index (χ0v) is 11.4. The number of benzene rings is 2. The van der Waals surface area contributed by atoms with Gasteiger partial charge in [0, 0.05) is 11.9 Å². The molecule has 4 nitrogen and oxygen atoms in total. The Balaban J connectivity index is 1.71. The molecule has 2 aromatic rings. The summed E-state index contributed by atoms with van der Waals surface area (Å²) in [5.74, 6) is 0.809. The minimum atomic E-state index is 0.732. The normalized spacial score (nSPS) is 11.0. The van der Waals surface area contributed by atoms with Crippen molar-refractivity contribution in [1.29, 1.82) is 0 Å². The maximum Gasteiger partial charge on any atom is 0.156 e. The van der Waals surface area contributed by atoms with Gasteiger partial charge >= 0.3 is 0 Å². The van der Waals surface area contributed by atoms with Crippen molar-refractivity contribution in [2.45, 2.75) is 6.54 Å². The van der Waals surface area contributed by atoms with Crippen LogP contribution >= 0.6 is 0 Å². The number of anilines is 1. The summed E-state index contributed by atoms with van der Waals surface area (Å²) < 4.78 is 0. The van der Waals surface area contributed by atoms with Crippen molar-refractivity contribution in [3.05, 3.63) is 66.5 Å². The highest BCUT2D eigenvalue weighted by molar-refractivity contribution is 5.98. The van der Waals surface area contributed by atoms with Crippen molar-refractivity contribution in [3.63, 3.8) is 0 Å². The molecule has 2 N–H and O–H groups in total. The van der Waals surface area contributed by atoms with Gasteiger partial charge < -0.3 is 10.3 Å². The summed E-state index contributed by atoms with van der Waals surface area (Å²) in [6.07, 6.45) is 1.71. The van der Waals surface area contributed by atoms with Gasteiger partial charge in [-0.1, -0.05) is 48.5 Å². The van der Waals surface area contributed by atoms with Crippen molar-refractivity contribution in [2.24, 2.45) is 0 Å². The SMILES string of the molecule is c1ccc(CNc2nc[nH]c3c4ccccc4nc2-3)cc1. The maximum atomic E-state index is 4.67. The second-order valence-corrected chi connectivity index (χ2v) is 4.94. The molecule has 0 fully saturated rings. The maximum absolute atomic E-state index is 4.67. The van der Waals surface area contributed by atoms with Gasteiger partial charge in [0.05, 0.1) is 17.5 Å². The fraction of sp³-hybridized carbons (Fsp3) is 0.0588. The van der Waals surface area contributed by atoms with E-state index in [9.17, 15) is 0 Å². The minimum Gasteiger partial charge on any atom is -0.364 e. The monoisotopic (exact) mass is 274 g/mol. The summed E-state index contributed by atoms with van der Waals surface area (Å²) in [7, 11) is 0. The van der Waals surface area contributed by atoms with E-state index in [1.807, 2.05) is 36.4 Å². The zero-order chi connectivity index (χ0) is 14.1. The molecular weight excluding hydrogens is 260 g/mol. The molecule has 21 heavy (non-hydrogen) atoms. The Hall–Kier alpha value is -2.88. The van der Waals surface area contributed by atoms with Crippen molar-refractivity contribution < 1.29 is 0 Å². The van der Waals surface area contributed by atoms with Crippen LogP contribution in [0, 0.1) is 0 Å². The second-order valence-electron chi connectivity index (χ2n) is 4.94. The largest absolute Gasteiger partial charge is 0.364 e. The first-order valence-electron chi connectivity index (χ1n) is 6.91. The van der Waals surface area contributed by atoms with Gasteiger partial charge in [-0.05, 0) is 11.6 Å². The number of nitrogens with zero attached hydrogens (tertiary/aromatic N) is 2. The summed E-state index contributed by atoms with van der Waals surface area (Å²) >= 11 is 0. The Kier molecular flexibility index (Phi) is 2.78. The van der Waals surface area contributed by atoms with Crippen LogP contribution in [0.3, 0.4) is 0 Å². The molecule has 0 spiro atoms. The third kappa shape index (κ3) is 2.10. The van der Waals surface area contributed by atoms with Gasteiger partial charge in [-0.2, -0.15) is 0 Å². The van der Waals surface area contributed by atoms with Crippen LogP contribution in [0.25, 0.3) is 22.3 Å². The number of H-pyrrole nitrogens is 1. The molecule has 2 aliphatic heterocycles. The number of para-hydroxylation sites is 1. The van der Waals surface area contributed by atoms with E-state index >= 15 is 0 Å². The predicted octanol–water partition coefficient (Wildman–Crippen LogP) is 3.67. The average molecular weight is 274 g/mol. The fourth-order valence-electron chi connectivity index (χ4n) is 2.54. The Labute approximate surface area is 122 Å². The smallest absolute Gasteiger partial charge is 0.156 e. The molecule has 0 unspecified atom stereocenters. The van der Waals surface area contributed by atoms with Crippen LogP contribution < -0.4 is 5.32 Å². The van der Waals surface area contributed by atoms with Crippen molar-refractivity contribution in [1.82, 2.24) is 15.0 Å². The van der Waals surface area contributed by atoms with Crippen molar-refractivity contribution in [3.8, 4) is 11.4 Å². The van der Waals surface area contributed by atoms with Crippen LogP contribution in [0.1, 0.15) is 5.56 Å². The summed E-state index contributed by atoms with van der Waals surface area (Å²) in [5, 5.41) is 4.49. The van der Waals surface area contributed by atoms with Crippen LogP contribution in [0.15, 0.2) is 60.9 Å². The first-order chi connectivity index (χ1) is 10.4. The Morgan fingerprint density at radius 1 is 0.952 bits per heavy atom. The molecule has 2 heterocycles. The zero-order valence-electron chi connectivity index (χ0n) is 11.4. The lowest BCUT2D eigenvalue weighted by Crippen LogP contribution is -2.04. The van der Waals surface area contributed by atoms with Crippen LogP contribution in [0.5, 0.6) is 0 Å². The first kappa shape index (κ1) is 11.9. The number of hydrogen-bond acceptors (Lipinski definition) is 3. The van der Waals surface area contributed by atoms with Gasteiger partial charge in [-0.15, -0.1) is 0 Å². The van der Waals surface area contributed by atoms with E-state index in [1.165, 1.54) is 5.56 Å². The Morgan fingerprint density at radius 2 is 1.76 bits per heavy atom. The predicted molar refractivity (Wildman–Crippen MR) is 84.3 cm³/mol. The van der Waals surface area contributed by atoms with E-state index in [4.69, 9.17) is 0 Å². The lowest BCUT2D eigenvalue weighted by Gasteiger charge is -2.09. The average Bonchev–Trinajstić information content (AvgIpc) is 2.93. The molecule has 2 aliphatic rings. The molecule has 0 saturated heterocycles. The highest BCUT2D eigenvalue weighted by atomic mass is 15.0. The highest BCUT2D eigenvalue weighted by Crippen LogP contribution is 2.32. The lowest BCUT2D eigenvalue weighted by atomic mass is 10.2. The summed E-state index contributed by atoms with van der Waals surface area (Å²) in [6, 6.07) is 18.4. The molecule has 102 valence electrons. The van der Waals surface area contributed by atoms with Gasteiger partial charge in [-0.25, -0.2) is 9.97 Å². The van der Waals surface area contributed by atoms with E-state index in [2.05, 4.69) is 38.5 Å². The summed E-state index contributed by atoms with van der Waals surface area (Å²) in [4.78, 5) is 12.3. The number of hydrogen-bond donors (Lipinski definition) is 2. The van der Waals surface area contributed by atoms with E-state index in [1.54, 1.807) is 6.33 Å². The molecule has 0 aromatic heterocycles. The fourth-order valence-corrected chi connectivity index (χ4v) is 2.54. The molecule has 0 amide bonds. The summed E-state index contributed by atoms with van der Waals surface area (Å²) in [5.41, 5.74) is 4.11. The number of fused-ring (bicyclic) bond motifs is 3. The van der Waals surface area contributed by atoms with Crippen LogP contribution in [0.2, 0.25) is 0 Å². The molecule has 0 atom stereocenters. The van der Waals surface area contributed by atoms with Gasteiger partial charge in [0.2, 0.25) is 0 Å². The topological polar surface area (TPSA) is 53.6 Å². The van der Waals surface area contributed by atoms with Crippen LogP contribution in [0.4, 0.5) is 5.82 Å². The van der Waals surface area contributed by atoms with E-state index in [-0.39, 0.29) is 0 Å². The summed E-state index contributed by atoms with van der Waals surface area (Å²) in [6.45, 7) is 0.732. The number of rotatable bonds is 3. The van der Waals surface area contributed by atoms with Gasteiger partial charge in [-0.3, -0.25) is 0 Å². The van der Waals surface area contributed by atoms with Gasteiger partial charge in [0.25, 0.3) is 0 Å². The molecule has 4 heteroatoms. The first-order valence-corrected chi connectivity index (χ1v) is 6.91. The molecule has 4 rings (SSSR count). The standard InChI is InChI=1S/C17H14N4/c1-2-6-12(7-3-1)10-18-17-16-15(19-11-20-17)13-8-4-5-9-14(13)21-16/h1-9,11,18H,10H2,(H,19,20). The molecular formula is C17H14N4. The minimum absolute atomic E-state index is 0.732. The number of nitrogens with one attached hydrogen (secondary N) is 2. The quantitative estimate of drug-likeness (QED) is 0.599. The molecule has 0 saturated carbocycles. The number of aromatic nitrogens is 3. The van der Waals surface area contributed by atoms with Crippen LogP contribution in [-0.2, 0) is 6.54 Å². The van der Waals surface area contributed by atoms with Gasteiger partial charge in [0.1, 0.15) is 5.69 Å². The van der Waals surface area contributed by atoms with E-state index in [0.717, 1.165) is 34.7 Å². The molecule has 0 radical (unpaired) electrons. The highest BCUT2D eigenvalue weighted by Gasteiger charge is 2.16. The third-order valence-corrected chi connectivity index (χ3v) is 3.57. The molecule has 2 aromatic carbocycles. The second kappa shape index (κ2) is 4.90. The van der Waals surface area contributed by atoms with E-state index in [0.29, 0.717) is 0 Å². The van der Waals surface area contributed by atoms with Crippen molar-refractivity contribution >= 4 is 16.7 Å². The third-order valence-electron chi connectivity index (χ3n) is 3.57. The van der Waals surface area contributed by atoms with E-state index < -0.39 is 0 Å².